The largest absolute Gasteiger partial charge is 0.494 e. The van der Waals surface area contributed by atoms with Gasteiger partial charge in [-0.05, 0) is 37.1 Å². The van der Waals surface area contributed by atoms with E-state index in [1.54, 1.807) is 0 Å². The van der Waals surface area contributed by atoms with Crippen LogP contribution in [0.15, 0.2) is 16.6 Å². The van der Waals surface area contributed by atoms with Crippen LogP contribution in [-0.4, -0.2) is 11.7 Å². The maximum Gasteiger partial charge on any atom is 0.122 e. The predicted octanol–water partition coefficient (Wildman–Crippen LogP) is 2.65. The van der Waals surface area contributed by atoms with Crippen LogP contribution in [0.3, 0.4) is 0 Å². The van der Waals surface area contributed by atoms with Crippen molar-refractivity contribution < 1.29 is 9.84 Å². The van der Waals surface area contributed by atoms with E-state index in [0.29, 0.717) is 6.61 Å². The molecular formula is C10H13BrO2. The standard InChI is InChI=1S/C10H13BrO2/c1-3-13-10-5-8(6-12)9(11)4-7(10)2/h4-5,12H,3,6H2,1-2H3. The molecule has 0 aliphatic rings. The van der Waals surface area contributed by atoms with Gasteiger partial charge in [-0.1, -0.05) is 15.9 Å². The van der Waals surface area contributed by atoms with Crippen LogP contribution in [0, 0.1) is 6.92 Å². The number of aryl methyl sites for hydroxylation is 1. The van der Waals surface area contributed by atoms with Gasteiger partial charge in [0.05, 0.1) is 13.2 Å². The Morgan fingerprint density at radius 2 is 2.15 bits per heavy atom. The van der Waals surface area contributed by atoms with E-state index in [1.165, 1.54) is 0 Å². The molecule has 0 aliphatic heterocycles. The number of aliphatic hydroxyl groups is 1. The van der Waals surface area contributed by atoms with Gasteiger partial charge in [-0.3, -0.25) is 0 Å². The van der Waals surface area contributed by atoms with E-state index in [9.17, 15) is 0 Å². The van der Waals surface area contributed by atoms with Crippen LogP contribution in [0.1, 0.15) is 18.1 Å². The molecule has 0 aromatic heterocycles. The third-order valence-electron chi connectivity index (χ3n) is 1.81. The van der Waals surface area contributed by atoms with E-state index in [-0.39, 0.29) is 6.61 Å². The highest BCUT2D eigenvalue weighted by molar-refractivity contribution is 9.10. The van der Waals surface area contributed by atoms with Gasteiger partial charge >= 0.3 is 0 Å². The van der Waals surface area contributed by atoms with Crippen LogP contribution < -0.4 is 4.74 Å². The Labute approximate surface area is 86.7 Å². The van der Waals surface area contributed by atoms with Crippen molar-refractivity contribution in [3.8, 4) is 5.75 Å². The van der Waals surface area contributed by atoms with Crippen LogP contribution in [-0.2, 0) is 6.61 Å². The molecule has 0 bridgehead atoms. The zero-order chi connectivity index (χ0) is 9.84. The first-order chi connectivity index (χ1) is 6.19. The summed E-state index contributed by atoms with van der Waals surface area (Å²) in [7, 11) is 0. The molecule has 1 N–H and O–H groups in total. The molecule has 0 saturated heterocycles. The Bertz CT molecular complexity index is 297. The summed E-state index contributed by atoms with van der Waals surface area (Å²) in [4.78, 5) is 0. The minimum absolute atomic E-state index is 0.0287. The minimum Gasteiger partial charge on any atom is -0.494 e. The summed E-state index contributed by atoms with van der Waals surface area (Å²) in [6.45, 7) is 4.60. The SMILES string of the molecule is CCOc1cc(CO)c(Br)cc1C. The smallest absolute Gasteiger partial charge is 0.122 e. The third kappa shape index (κ3) is 2.45. The molecule has 1 rings (SSSR count). The van der Waals surface area contributed by atoms with Crippen molar-refractivity contribution in [3.05, 3.63) is 27.7 Å². The first kappa shape index (κ1) is 10.5. The molecule has 0 radical (unpaired) electrons. The van der Waals surface area contributed by atoms with E-state index in [2.05, 4.69) is 15.9 Å². The van der Waals surface area contributed by atoms with Gasteiger partial charge in [0.15, 0.2) is 0 Å². The van der Waals surface area contributed by atoms with Gasteiger partial charge < -0.3 is 9.84 Å². The van der Waals surface area contributed by atoms with Gasteiger partial charge in [-0.2, -0.15) is 0 Å². The topological polar surface area (TPSA) is 29.5 Å². The molecule has 0 heterocycles. The van der Waals surface area contributed by atoms with E-state index in [1.807, 2.05) is 26.0 Å². The lowest BCUT2D eigenvalue weighted by atomic mass is 10.1. The van der Waals surface area contributed by atoms with E-state index < -0.39 is 0 Å². The number of ether oxygens (including phenoxy) is 1. The lowest BCUT2D eigenvalue weighted by Gasteiger charge is -2.09. The van der Waals surface area contributed by atoms with E-state index in [0.717, 1.165) is 21.3 Å². The maximum absolute atomic E-state index is 9.02. The molecule has 0 amide bonds. The minimum atomic E-state index is 0.0287. The molecule has 0 saturated carbocycles. The normalized spacial score (nSPS) is 10.2. The monoisotopic (exact) mass is 244 g/mol. The number of hydrogen-bond acceptors (Lipinski definition) is 2. The highest BCUT2D eigenvalue weighted by Crippen LogP contribution is 2.26. The summed E-state index contributed by atoms with van der Waals surface area (Å²) in [5.74, 6) is 0.842. The fourth-order valence-electron chi connectivity index (χ4n) is 1.13. The first-order valence-corrected chi connectivity index (χ1v) is 5.01. The molecule has 1 aromatic rings. The number of rotatable bonds is 3. The zero-order valence-electron chi connectivity index (χ0n) is 7.80. The van der Waals surface area contributed by atoms with E-state index >= 15 is 0 Å². The maximum atomic E-state index is 9.02. The molecule has 2 nitrogen and oxygen atoms in total. The van der Waals surface area contributed by atoms with Gasteiger partial charge in [0.1, 0.15) is 5.75 Å². The van der Waals surface area contributed by atoms with Crippen molar-refractivity contribution in [3.63, 3.8) is 0 Å². The quantitative estimate of drug-likeness (QED) is 0.886. The Kier molecular flexibility index (Phi) is 3.75. The average molecular weight is 245 g/mol. The third-order valence-corrected chi connectivity index (χ3v) is 2.55. The summed E-state index contributed by atoms with van der Waals surface area (Å²) in [6.07, 6.45) is 0. The second-order valence-corrected chi connectivity index (χ2v) is 3.65. The van der Waals surface area contributed by atoms with Crippen molar-refractivity contribution >= 4 is 15.9 Å². The van der Waals surface area contributed by atoms with Crippen molar-refractivity contribution in [2.45, 2.75) is 20.5 Å². The Morgan fingerprint density at radius 1 is 1.46 bits per heavy atom. The van der Waals surface area contributed by atoms with Crippen LogP contribution in [0.2, 0.25) is 0 Å². The summed E-state index contributed by atoms with van der Waals surface area (Å²) in [5, 5.41) is 9.02. The first-order valence-electron chi connectivity index (χ1n) is 4.21. The fourth-order valence-corrected chi connectivity index (χ4v) is 1.71. The average Bonchev–Trinajstić information content (AvgIpc) is 2.10. The highest BCUT2D eigenvalue weighted by Gasteiger charge is 2.04. The van der Waals surface area contributed by atoms with Crippen LogP contribution in [0.5, 0.6) is 5.75 Å². The molecule has 13 heavy (non-hydrogen) atoms. The summed E-state index contributed by atoms with van der Waals surface area (Å²) < 4.78 is 6.33. The number of benzene rings is 1. The van der Waals surface area contributed by atoms with E-state index in [4.69, 9.17) is 9.84 Å². The molecular weight excluding hydrogens is 232 g/mol. The van der Waals surface area contributed by atoms with Crippen LogP contribution in [0.4, 0.5) is 0 Å². The molecule has 0 atom stereocenters. The Morgan fingerprint density at radius 3 is 2.69 bits per heavy atom. The summed E-state index contributed by atoms with van der Waals surface area (Å²) in [6, 6.07) is 3.82. The number of aliphatic hydroxyl groups excluding tert-OH is 1. The summed E-state index contributed by atoms with van der Waals surface area (Å²) >= 11 is 3.38. The predicted molar refractivity (Wildman–Crippen MR) is 56.0 cm³/mol. The molecule has 0 aliphatic carbocycles. The molecule has 0 spiro atoms. The molecule has 1 aromatic carbocycles. The van der Waals surface area contributed by atoms with Crippen molar-refractivity contribution in [2.75, 3.05) is 6.61 Å². The second-order valence-electron chi connectivity index (χ2n) is 2.80. The Hall–Kier alpha value is -0.540. The van der Waals surface area contributed by atoms with Crippen molar-refractivity contribution in [1.82, 2.24) is 0 Å². The zero-order valence-corrected chi connectivity index (χ0v) is 9.39. The van der Waals surface area contributed by atoms with Gasteiger partial charge in [0, 0.05) is 4.47 Å². The van der Waals surface area contributed by atoms with Crippen molar-refractivity contribution in [1.29, 1.82) is 0 Å². The molecule has 0 unspecified atom stereocenters. The fraction of sp³-hybridized carbons (Fsp3) is 0.400. The van der Waals surface area contributed by atoms with Gasteiger partial charge in [-0.15, -0.1) is 0 Å². The molecule has 72 valence electrons. The van der Waals surface area contributed by atoms with Gasteiger partial charge in [0.25, 0.3) is 0 Å². The van der Waals surface area contributed by atoms with Crippen LogP contribution >= 0.6 is 15.9 Å². The lowest BCUT2D eigenvalue weighted by molar-refractivity contribution is 0.279. The van der Waals surface area contributed by atoms with Crippen molar-refractivity contribution in [2.24, 2.45) is 0 Å². The lowest BCUT2D eigenvalue weighted by Crippen LogP contribution is -1.96. The Balaban J connectivity index is 3.06. The second kappa shape index (κ2) is 4.63. The number of halogens is 1. The molecule has 0 fully saturated rings. The highest BCUT2D eigenvalue weighted by atomic mass is 79.9. The van der Waals surface area contributed by atoms with Crippen LogP contribution in [0.25, 0.3) is 0 Å². The number of hydrogen-bond donors (Lipinski definition) is 1. The van der Waals surface area contributed by atoms with Gasteiger partial charge in [0.2, 0.25) is 0 Å². The summed E-state index contributed by atoms with van der Waals surface area (Å²) in [5.41, 5.74) is 1.93. The van der Waals surface area contributed by atoms with Gasteiger partial charge in [-0.25, -0.2) is 0 Å². The molecule has 3 heteroatoms.